The van der Waals surface area contributed by atoms with E-state index in [4.69, 9.17) is 25.8 Å². The lowest BCUT2D eigenvalue weighted by Gasteiger charge is -2.32. The van der Waals surface area contributed by atoms with Gasteiger partial charge < -0.3 is 34.4 Å². The summed E-state index contributed by atoms with van der Waals surface area (Å²) < 4.78 is 59.8. The average Bonchev–Trinajstić information content (AvgIpc) is 3.34. The predicted molar refractivity (Wildman–Crippen MR) is 149 cm³/mol. The summed E-state index contributed by atoms with van der Waals surface area (Å²) in [4.78, 5) is 17.5. The van der Waals surface area contributed by atoms with E-state index in [2.05, 4.69) is 15.0 Å². The third-order valence-corrected chi connectivity index (χ3v) is 6.70. The minimum absolute atomic E-state index is 0.0326. The Morgan fingerprint density at radius 2 is 1.76 bits per heavy atom. The summed E-state index contributed by atoms with van der Waals surface area (Å²) >= 11 is 6.21. The first-order chi connectivity index (χ1) is 19.4. The number of anilines is 1. The Labute approximate surface area is 238 Å². The Hall–Kier alpha value is -4.09. The number of nitrogens with one attached hydrogen (secondary N) is 2. The number of rotatable bonds is 11. The number of ketones is 1. The molecule has 1 heterocycles. The number of aromatic amines is 1. The van der Waals surface area contributed by atoms with Gasteiger partial charge in [0.2, 0.25) is 0 Å². The van der Waals surface area contributed by atoms with Crippen LogP contribution < -0.4 is 24.3 Å². The normalized spacial score (nSPS) is 13.0. The van der Waals surface area contributed by atoms with Crippen molar-refractivity contribution in [3.05, 3.63) is 76.4 Å². The number of carbonyl (C=O) groups excluding carboxylic acids is 1. The maximum absolute atomic E-state index is 14.5. The number of alkyl halides is 3. The van der Waals surface area contributed by atoms with Gasteiger partial charge in [-0.05, 0) is 43.7 Å². The molecule has 1 aromatic heterocycles. The van der Waals surface area contributed by atoms with Crippen LogP contribution in [0.15, 0.2) is 54.7 Å². The molecule has 41 heavy (non-hydrogen) atoms. The lowest BCUT2D eigenvalue weighted by atomic mass is 9.83. The molecule has 0 radical (unpaired) electrons. The molecule has 0 saturated heterocycles. The second kappa shape index (κ2) is 11.8. The lowest BCUT2D eigenvalue weighted by molar-refractivity contribution is -0.274. The molecule has 0 bridgehead atoms. The zero-order chi connectivity index (χ0) is 29.9. The minimum Gasteiger partial charge on any atom is -0.497 e. The summed E-state index contributed by atoms with van der Waals surface area (Å²) in [5.74, 6) is 0.146. The average molecular weight is 593 g/mol. The molecule has 4 aromatic rings. The highest BCUT2D eigenvalue weighted by Crippen LogP contribution is 2.41. The lowest BCUT2D eigenvalue weighted by Crippen LogP contribution is -2.41. The van der Waals surface area contributed by atoms with Crippen LogP contribution in [0.25, 0.3) is 10.9 Å². The van der Waals surface area contributed by atoms with Crippen LogP contribution in [0.3, 0.4) is 0 Å². The van der Waals surface area contributed by atoms with Crippen molar-refractivity contribution in [2.24, 2.45) is 0 Å². The summed E-state index contributed by atoms with van der Waals surface area (Å²) in [7, 11) is 2.90. The van der Waals surface area contributed by atoms with Gasteiger partial charge in [0.25, 0.3) is 0 Å². The number of benzene rings is 3. The van der Waals surface area contributed by atoms with Crippen LogP contribution in [-0.2, 0) is 5.54 Å². The maximum Gasteiger partial charge on any atom is 0.573 e. The minimum atomic E-state index is -4.91. The fourth-order valence-corrected chi connectivity index (χ4v) is 4.81. The summed E-state index contributed by atoms with van der Waals surface area (Å²) in [5, 5.41) is 13.1. The van der Waals surface area contributed by atoms with Gasteiger partial charge >= 0.3 is 6.36 Å². The third-order valence-electron chi connectivity index (χ3n) is 6.46. The smallest absolute Gasteiger partial charge is 0.497 e. The van der Waals surface area contributed by atoms with E-state index in [9.17, 15) is 23.1 Å². The fraction of sp³-hybridized carbons (Fsp3) is 0.276. The molecule has 3 N–H and O–H groups in total. The molecule has 0 spiro atoms. The predicted octanol–water partition coefficient (Wildman–Crippen LogP) is 6.63. The number of halogens is 4. The number of methoxy groups -OCH3 is 2. The van der Waals surface area contributed by atoms with E-state index in [1.54, 1.807) is 50.2 Å². The van der Waals surface area contributed by atoms with E-state index >= 15 is 0 Å². The first-order valence-corrected chi connectivity index (χ1v) is 12.7. The number of ether oxygens (including phenoxy) is 4. The molecular formula is C29H28ClF3N2O6. The number of fused-ring (bicyclic) bond motifs is 1. The standard InChI is InChI=1S/C29H28ClF3N2O6/c1-16-9-21(41-29(31,32)33)14-22-23(15-34-26(16)22)27(37)28(2,24-6-5-17(30)10-25(24)39-4)35-18-11-19(38-3)13-20(12-18)40-8-7-36/h5-6,9-15,34-36H,7-8H2,1-4H3/t28-/m1/s1. The van der Waals surface area contributed by atoms with Gasteiger partial charge in [-0.15, -0.1) is 13.2 Å². The van der Waals surface area contributed by atoms with Crippen molar-refractivity contribution in [2.45, 2.75) is 25.7 Å². The maximum atomic E-state index is 14.5. The second-order valence-corrected chi connectivity index (χ2v) is 9.74. The zero-order valence-corrected chi connectivity index (χ0v) is 23.4. The highest BCUT2D eigenvalue weighted by molar-refractivity contribution is 6.30. The molecule has 0 aliphatic heterocycles. The number of hydrogen-bond acceptors (Lipinski definition) is 7. The molecule has 4 rings (SSSR count). The molecule has 3 aromatic carbocycles. The highest BCUT2D eigenvalue weighted by atomic mass is 35.5. The van der Waals surface area contributed by atoms with Crippen molar-refractivity contribution in [1.82, 2.24) is 4.98 Å². The van der Waals surface area contributed by atoms with E-state index in [0.717, 1.165) is 0 Å². The van der Waals surface area contributed by atoms with Crippen LogP contribution in [-0.4, -0.2) is 49.7 Å². The van der Waals surface area contributed by atoms with Crippen molar-refractivity contribution < 1.29 is 42.0 Å². The Kier molecular flexibility index (Phi) is 8.60. The zero-order valence-electron chi connectivity index (χ0n) is 22.6. The van der Waals surface area contributed by atoms with Gasteiger partial charge in [-0.3, -0.25) is 4.79 Å². The van der Waals surface area contributed by atoms with Crippen molar-refractivity contribution in [2.75, 3.05) is 32.8 Å². The summed E-state index contributed by atoms with van der Waals surface area (Å²) in [5.41, 5.74) is 0.321. The number of hydrogen-bond donors (Lipinski definition) is 3. The molecule has 0 amide bonds. The molecule has 0 unspecified atom stereocenters. The summed E-state index contributed by atoms with van der Waals surface area (Å²) in [6, 6.07) is 12.1. The molecule has 0 saturated carbocycles. The Balaban J connectivity index is 1.90. The van der Waals surface area contributed by atoms with Crippen molar-refractivity contribution >= 4 is 34.0 Å². The fourth-order valence-electron chi connectivity index (χ4n) is 4.65. The van der Waals surface area contributed by atoms with Crippen LogP contribution in [0.4, 0.5) is 18.9 Å². The number of aryl methyl sites for hydroxylation is 1. The molecule has 8 nitrogen and oxygen atoms in total. The topological polar surface area (TPSA) is 102 Å². The molecule has 0 aliphatic rings. The van der Waals surface area contributed by atoms with Gasteiger partial charge in [-0.2, -0.15) is 0 Å². The number of aliphatic hydroxyl groups excluding tert-OH is 1. The number of H-pyrrole nitrogens is 1. The Bertz CT molecular complexity index is 1570. The van der Waals surface area contributed by atoms with Gasteiger partial charge in [0.1, 0.15) is 35.1 Å². The van der Waals surface area contributed by atoms with E-state index in [-0.39, 0.29) is 24.2 Å². The van der Waals surface area contributed by atoms with Gasteiger partial charge in [0.05, 0.1) is 20.8 Å². The van der Waals surface area contributed by atoms with Crippen LogP contribution in [0.1, 0.15) is 28.4 Å². The third kappa shape index (κ3) is 6.47. The Morgan fingerprint density at radius 3 is 2.41 bits per heavy atom. The van der Waals surface area contributed by atoms with Crippen molar-refractivity contribution in [3.63, 3.8) is 0 Å². The van der Waals surface area contributed by atoms with Crippen molar-refractivity contribution in [1.29, 1.82) is 0 Å². The highest BCUT2D eigenvalue weighted by Gasteiger charge is 2.40. The quantitative estimate of drug-likeness (QED) is 0.168. The van der Waals surface area contributed by atoms with Crippen LogP contribution in [0.2, 0.25) is 5.02 Å². The first kappa shape index (κ1) is 29.9. The van der Waals surface area contributed by atoms with E-state index in [1.165, 1.54) is 32.5 Å². The van der Waals surface area contributed by atoms with Crippen LogP contribution in [0.5, 0.6) is 23.0 Å². The van der Waals surface area contributed by atoms with E-state index in [1.807, 2.05) is 0 Å². The largest absolute Gasteiger partial charge is 0.573 e. The van der Waals surface area contributed by atoms with Gasteiger partial charge in [0.15, 0.2) is 5.78 Å². The van der Waals surface area contributed by atoms with Crippen LogP contribution >= 0.6 is 11.6 Å². The van der Waals surface area contributed by atoms with Crippen molar-refractivity contribution in [3.8, 4) is 23.0 Å². The number of carbonyl (C=O) groups is 1. The van der Waals surface area contributed by atoms with Gasteiger partial charge in [-0.25, -0.2) is 0 Å². The summed E-state index contributed by atoms with van der Waals surface area (Å²) in [6.45, 7) is 3.06. The Morgan fingerprint density at radius 1 is 1.02 bits per heavy atom. The van der Waals surface area contributed by atoms with Gasteiger partial charge in [-0.1, -0.05) is 17.7 Å². The van der Waals surface area contributed by atoms with Crippen LogP contribution in [0, 0.1) is 6.92 Å². The molecule has 12 heteroatoms. The second-order valence-electron chi connectivity index (χ2n) is 9.31. The summed E-state index contributed by atoms with van der Waals surface area (Å²) in [6.07, 6.45) is -3.46. The monoisotopic (exact) mass is 592 g/mol. The van der Waals surface area contributed by atoms with E-state index in [0.29, 0.717) is 44.6 Å². The number of Topliss-reactive ketones (excluding diaryl/α,β-unsaturated/α-hetero) is 1. The van der Waals surface area contributed by atoms with Gasteiger partial charge in [0, 0.05) is 57.1 Å². The first-order valence-electron chi connectivity index (χ1n) is 12.4. The SMILES string of the molecule is COc1cc(N[C@@](C)(C(=O)c2c[nH]c3c(C)cc(OC(F)(F)F)cc23)c2ccc(Cl)cc2OC)cc(OCCO)c1. The molecular weight excluding hydrogens is 565 g/mol. The molecule has 0 fully saturated rings. The molecule has 1 atom stereocenters. The number of aromatic nitrogens is 1. The number of aliphatic hydroxyl groups is 1. The molecule has 218 valence electrons. The molecule has 0 aliphatic carbocycles. The van der Waals surface area contributed by atoms with E-state index < -0.39 is 23.4 Å².